The van der Waals surface area contributed by atoms with Crippen LogP contribution in [0.5, 0.6) is 0 Å². The van der Waals surface area contributed by atoms with Crippen molar-refractivity contribution in [2.45, 2.75) is 6.10 Å². The topological polar surface area (TPSA) is 83.2 Å². The molecule has 96 valence electrons. The van der Waals surface area contributed by atoms with E-state index in [9.17, 15) is 9.50 Å². The molecule has 0 fully saturated rings. The van der Waals surface area contributed by atoms with Gasteiger partial charge in [0, 0.05) is 6.54 Å². The van der Waals surface area contributed by atoms with E-state index in [1.165, 1.54) is 18.7 Å². The monoisotopic (exact) mass is 252 g/mol. The number of aliphatic hydroxyl groups excluding tert-OH is 2. The third-order valence-electron chi connectivity index (χ3n) is 2.41. The average molecular weight is 252 g/mol. The van der Waals surface area contributed by atoms with Crippen LogP contribution in [0.25, 0.3) is 5.69 Å². The van der Waals surface area contributed by atoms with Gasteiger partial charge >= 0.3 is 0 Å². The molecule has 6 nitrogen and oxygen atoms in total. The van der Waals surface area contributed by atoms with Crippen molar-refractivity contribution < 1.29 is 14.6 Å². The quantitative estimate of drug-likeness (QED) is 0.706. The summed E-state index contributed by atoms with van der Waals surface area (Å²) in [5.74, 6) is -0.433. The Kier molecular flexibility index (Phi) is 3.85. The normalized spacial score (nSPS) is 12.4. The molecular weight excluding hydrogens is 239 g/mol. The van der Waals surface area contributed by atoms with Gasteiger partial charge in [-0.1, -0.05) is 0 Å². The molecule has 1 atom stereocenters. The van der Waals surface area contributed by atoms with Gasteiger partial charge in [-0.2, -0.15) is 0 Å². The van der Waals surface area contributed by atoms with E-state index in [2.05, 4.69) is 15.5 Å². The number of nitrogens with one attached hydrogen (secondary N) is 1. The lowest BCUT2D eigenvalue weighted by molar-refractivity contribution is 0.105. The van der Waals surface area contributed by atoms with Crippen LogP contribution in [-0.4, -0.2) is 44.2 Å². The van der Waals surface area contributed by atoms with Crippen LogP contribution in [0.2, 0.25) is 0 Å². The molecule has 1 unspecified atom stereocenters. The van der Waals surface area contributed by atoms with Gasteiger partial charge in [-0.15, -0.1) is 10.2 Å². The lowest BCUT2D eigenvalue weighted by atomic mass is 10.2. The molecule has 1 aromatic heterocycles. The van der Waals surface area contributed by atoms with E-state index in [1.807, 2.05) is 0 Å². The molecule has 2 rings (SSSR count). The summed E-state index contributed by atoms with van der Waals surface area (Å²) in [6, 6.07) is 4.47. The SMILES string of the molecule is OCC(O)CNc1cc(-n2cnnc2)ccc1F. The molecule has 0 aliphatic heterocycles. The van der Waals surface area contributed by atoms with E-state index in [0.29, 0.717) is 5.69 Å². The Bertz CT molecular complexity index is 504. The third kappa shape index (κ3) is 2.82. The predicted molar refractivity (Wildman–Crippen MR) is 62.9 cm³/mol. The maximum Gasteiger partial charge on any atom is 0.146 e. The maximum atomic E-state index is 13.5. The zero-order valence-electron chi connectivity index (χ0n) is 9.49. The number of hydrogen-bond acceptors (Lipinski definition) is 5. The standard InChI is InChI=1S/C11H13FN4O2/c12-10-2-1-8(16-6-14-15-7-16)3-11(10)13-4-9(18)5-17/h1-3,6-7,9,13,17-18H,4-5H2. The number of benzene rings is 1. The van der Waals surface area contributed by atoms with Crippen LogP contribution in [0.1, 0.15) is 0 Å². The Balaban J connectivity index is 2.17. The van der Waals surface area contributed by atoms with E-state index in [-0.39, 0.29) is 18.8 Å². The van der Waals surface area contributed by atoms with Gasteiger partial charge in [0.2, 0.25) is 0 Å². The van der Waals surface area contributed by atoms with Gasteiger partial charge in [0.15, 0.2) is 0 Å². The lowest BCUT2D eigenvalue weighted by Crippen LogP contribution is -2.23. The Morgan fingerprint density at radius 3 is 2.72 bits per heavy atom. The molecular formula is C11H13FN4O2. The van der Waals surface area contributed by atoms with Gasteiger partial charge in [-0.3, -0.25) is 4.57 Å². The summed E-state index contributed by atoms with van der Waals surface area (Å²) in [7, 11) is 0. The molecule has 0 saturated heterocycles. The number of hydrogen-bond donors (Lipinski definition) is 3. The van der Waals surface area contributed by atoms with Crippen LogP contribution in [-0.2, 0) is 0 Å². The predicted octanol–water partition coefficient (Wildman–Crippen LogP) is 0.171. The molecule has 7 heteroatoms. The van der Waals surface area contributed by atoms with Crippen molar-refractivity contribution in [2.24, 2.45) is 0 Å². The zero-order valence-corrected chi connectivity index (χ0v) is 9.49. The number of aromatic nitrogens is 3. The second-order valence-electron chi connectivity index (χ2n) is 3.75. The molecule has 0 bridgehead atoms. The first kappa shape index (κ1) is 12.5. The van der Waals surface area contributed by atoms with Crippen molar-refractivity contribution in [3.63, 3.8) is 0 Å². The van der Waals surface area contributed by atoms with Gasteiger partial charge in [-0.25, -0.2) is 4.39 Å². The van der Waals surface area contributed by atoms with Crippen molar-refractivity contribution in [1.29, 1.82) is 0 Å². The van der Waals surface area contributed by atoms with Crippen LogP contribution in [0.4, 0.5) is 10.1 Å². The number of nitrogens with zero attached hydrogens (tertiary/aromatic N) is 3. The van der Waals surface area contributed by atoms with E-state index >= 15 is 0 Å². The molecule has 0 amide bonds. The number of rotatable bonds is 5. The highest BCUT2D eigenvalue weighted by Crippen LogP contribution is 2.18. The fraction of sp³-hybridized carbons (Fsp3) is 0.273. The Morgan fingerprint density at radius 2 is 2.06 bits per heavy atom. The van der Waals surface area contributed by atoms with Crippen LogP contribution in [0.3, 0.4) is 0 Å². The number of anilines is 1. The zero-order chi connectivity index (χ0) is 13.0. The summed E-state index contributed by atoms with van der Waals surface area (Å²) in [6.45, 7) is -0.307. The van der Waals surface area contributed by atoms with Gasteiger partial charge in [0.1, 0.15) is 18.5 Å². The summed E-state index contributed by atoms with van der Waals surface area (Å²) in [5.41, 5.74) is 0.941. The van der Waals surface area contributed by atoms with Gasteiger partial charge in [0.25, 0.3) is 0 Å². The Morgan fingerprint density at radius 1 is 1.33 bits per heavy atom. The Hall–Kier alpha value is -1.99. The fourth-order valence-electron chi connectivity index (χ4n) is 1.44. The number of aliphatic hydroxyl groups is 2. The highest BCUT2D eigenvalue weighted by atomic mass is 19.1. The van der Waals surface area contributed by atoms with E-state index in [1.54, 1.807) is 16.7 Å². The van der Waals surface area contributed by atoms with Crippen LogP contribution < -0.4 is 5.32 Å². The molecule has 0 spiro atoms. The van der Waals surface area contributed by atoms with Crippen LogP contribution in [0, 0.1) is 5.82 Å². The van der Waals surface area contributed by atoms with Crippen molar-refractivity contribution in [3.05, 3.63) is 36.7 Å². The van der Waals surface area contributed by atoms with Gasteiger partial charge in [0.05, 0.1) is 24.1 Å². The molecule has 1 heterocycles. The van der Waals surface area contributed by atoms with Gasteiger partial charge < -0.3 is 15.5 Å². The highest BCUT2D eigenvalue weighted by Gasteiger charge is 2.07. The smallest absolute Gasteiger partial charge is 0.146 e. The molecule has 2 aromatic rings. The lowest BCUT2D eigenvalue weighted by Gasteiger charge is -2.12. The van der Waals surface area contributed by atoms with E-state index in [4.69, 9.17) is 5.11 Å². The third-order valence-corrected chi connectivity index (χ3v) is 2.41. The first-order valence-corrected chi connectivity index (χ1v) is 5.38. The summed E-state index contributed by atoms with van der Waals surface area (Å²) in [5, 5.41) is 27.9. The van der Waals surface area contributed by atoms with Gasteiger partial charge in [-0.05, 0) is 18.2 Å². The summed E-state index contributed by atoms with van der Waals surface area (Å²) < 4.78 is 15.2. The van der Waals surface area contributed by atoms with E-state index in [0.717, 1.165) is 0 Å². The van der Waals surface area contributed by atoms with E-state index < -0.39 is 11.9 Å². The molecule has 18 heavy (non-hydrogen) atoms. The molecule has 3 N–H and O–H groups in total. The maximum absolute atomic E-state index is 13.5. The molecule has 1 aromatic carbocycles. The minimum absolute atomic E-state index is 0.0685. The van der Waals surface area contributed by atoms with Crippen LogP contribution in [0.15, 0.2) is 30.9 Å². The first-order chi connectivity index (χ1) is 8.70. The fourth-order valence-corrected chi connectivity index (χ4v) is 1.44. The average Bonchev–Trinajstić information content (AvgIpc) is 2.91. The second-order valence-corrected chi connectivity index (χ2v) is 3.75. The Labute approximate surface area is 103 Å². The van der Waals surface area contributed by atoms with Crippen LogP contribution >= 0.6 is 0 Å². The minimum Gasteiger partial charge on any atom is -0.394 e. The van der Waals surface area contributed by atoms with Crippen molar-refractivity contribution in [1.82, 2.24) is 14.8 Å². The molecule has 0 radical (unpaired) electrons. The number of halogens is 1. The molecule has 0 aliphatic rings. The van der Waals surface area contributed by atoms with Crippen molar-refractivity contribution in [2.75, 3.05) is 18.5 Å². The first-order valence-electron chi connectivity index (χ1n) is 5.38. The van der Waals surface area contributed by atoms with Crippen molar-refractivity contribution in [3.8, 4) is 5.69 Å². The molecule has 0 aliphatic carbocycles. The molecule has 0 saturated carbocycles. The van der Waals surface area contributed by atoms with Crippen molar-refractivity contribution >= 4 is 5.69 Å². The largest absolute Gasteiger partial charge is 0.394 e. The summed E-state index contributed by atoms with van der Waals surface area (Å²) in [6.07, 6.45) is 2.07. The highest BCUT2D eigenvalue weighted by molar-refractivity contribution is 5.52. The summed E-state index contributed by atoms with van der Waals surface area (Å²) in [4.78, 5) is 0. The second kappa shape index (κ2) is 5.56. The minimum atomic E-state index is -0.928. The summed E-state index contributed by atoms with van der Waals surface area (Å²) >= 11 is 0.